The van der Waals surface area contributed by atoms with Crippen molar-refractivity contribution in [1.82, 2.24) is 14.9 Å². The number of nitrogens with zero attached hydrogens (tertiary/aromatic N) is 3. The molecule has 0 bridgehead atoms. The van der Waals surface area contributed by atoms with Crippen molar-refractivity contribution in [3.63, 3.8) is 0 Å². The Morgan fingerprint density at radius 2 is 1.96 bits per heavy atom. The Bertz CT molecular complexity index is 727. The van der Waals surface area contributed by atoms with Crippen molar-refractivity contribution in [1.29, 1.82) is 0 Å². The third-order valence-electron chi connectivity index (χ3n) is 4.34. The minimum Gasteiger partial charge on any atom is -0.450 e. The molecule has 0 saturated carbocycles. The van der Waals surface area contributed by atoms with Crippen molar-refractivity contribution in [3.05, 3.63) is 42.1 Å². The number of anilines is 3. The molecule has 0 radical (unpaired) electrons. The van der Waals surface area contributed by atoms with Crippen LogP contribution in [-0.2, 0) is 4.74 Å². The second-order valence-corrected chi connectivity index (χ2v) is 6.36. The number of aryl methyl sites for hydroxylation is 1. The lowest BCUT2D eigenvalue weighted by molar-refractivity contribution is 0.0983. The summed E-state index contributed by atoms with van der Waals surface area (Å²) in [5.74, 6) is 1.34. The Morgan fingerprint density at radius 3 is 2.65 bits per heavy atom. The summed E-state index contributed by atoms with van der Waals surface area (Å²) in [4.78, 5) is 22.3. The van der Waals surface area contributed by atoms with Crippen LogP contribution in [-0.4, -0.2) is 46.7 Å². The van der Waals surface area contributed by atoms with Crippen molar-refractivity contribution >= 4 is 23.5 Å². The molecule has 1 fully saturated rings. The van der Waals surface area contributed by atoms with Crippen LogP contribution < -0.4 is 10.6 Å². The molecule has 2 heterocycles. The van der Waals surface area contributed by atoms with E-state index in [0.717, 1.165) is 24.3 Å². The van der Waals surface area contributed by atoms with Crippen LogP contribution in [0.1, 0.15) is 25.3 Å². The number of likely N-dealkylation sites (tertiary alicyclic amines) is 1. The van der Waals surface area contributed by atoms with Gasteiger partial charge in [-0.3, -0.25) is 0 Å². The monoisotopic (exact) mass is 355 g/mol. The van der Waals surface area contributed by atoms with Crippen molar-refractivity contribution in [3.8, 4) is 0 Å². The van der Waals surface area contributed by atoms with E-state index in [9.17, 15) is 4.79 Å². The molecule has 1 aromatic heterocycles. The number of piperidine rings is 1. The Hall–Kier alpha value is -2.83. The summed E-state index contributed by atoms with van der Waals surface area (Å²) in [6, 6.07) is 10.2. The summed E-state index contributed by atoms with van der Waals surface area (Å²) in [5, 5.41) is 6.65. The average Bonchev–Trinajstić information content (AvgIpc) is 2.65. The zero-order valence-electron chi connectivity index (χ0n) is 15.2. The third-order valence-corrected chi connectivity index (χ3v) is 4.34. The van der Waals surface area contributed by atoms with E-state index in [4.69, 9.17) is 4.74 Å². The topological polar surface area (TPSA) is 79.4 Å². The van der Waals surface area contributed by atoms with Crippen molar-refractivity contribution in [2.45, 2.75) is 32.7 Å². The predicted octanol–water partition coefficient (Wildman–Crippen LogP) is 3.56. The number of carbonyl (C=O) groups excluding carboxylic acids is 1. The first-order chi connectivity index (χ1) is 12.6. The van der Waals surface area contributed by atoms with Crippen LogP contribution in [0.15, 0.2) is 36.5 Å². The van der Waals surface area contributed by atoms with E-state index >= 15 is 0 Å². The molecular weight excluding hydrogens is 330 g/mol. The quantitative estimate of drug-likeness (QED) is 0.854. The largest absolute Gasteiger partial charge is 0.450 e. The Morgan fingerprint density at radius 1 is 1.23 bits per heavy atom. The molecule has 1 aromatic carbocycles. The summed E-state index contributed by atoms with van der Waals surface area (Å²) < 4.78 is 5.05. The molecule has 1 aliphatic heterocycles. The normalized spacial score (nSPS) is 14.8. The molecule has 26 heavy (non-hydrogen) atoms. The molecule has 7 heteroatoms. The third kappa shape index (κ3) is 4.84. The fourth-order valence-electron chi connectivity index (χ4n) is 2.90. The number of carbonyl (C=O) groups is 1. The molecule has 1 amide bonds. The Balaban J connectivity index is 1.54. The van der Waals surface area contributed by atoms with Gasteiger partial charge in [-0.15, -0.1) is 0 Å². The fourth-order valence-corrected chi connectivity index (χ4v) is 2.90. The molecule has 0 atom stereocenters. The van der Waals surface area contributed by atoms with Gasteiger partial charge in [-0.1, -0.05) is 17.7 Å². The van der Waals surface area contributed by atoms with Crippen LogP contribution in [0, 0.1) is 6.92 Å². The molecule has 1 saturated heterocycles. The number of nitrogens with one attached hydrogen (secondary N) is 2. The second-order valence-electron chi connectivity index (χ2n) is 6.36. The van der Waals surface area contributed by atoms with Crippen LogP contribution in [0.25, 0.3) is 0 Å². The van der Waals surface area contributed by atoms with Gasteiger partial charge >= 0.3 is 6.09 Å². The van der Waals surface area contributed by atoms with Crippen molar-refractivity contribution < 1.29 is 9.53 Å². The van der Waals surface area contributed by atoms with E-state index in [1.54, 1.807) is 11.1 Å². The zero-order chi connectivity index (χ0) is 18.4. The van der Waals surface area contributed by atoms with Gasteiger partial charge in [0.05, 0.1) is 6.61 Å². The predicted molar refractivity (Wildman–Crippen MR) is 102 cm³/mol. The lowest BCUT2D eigenvalue weighted by Crippen LogP contribution is -2.42. The SMILES string of the molecule is CCOC(=O)N1CCC(Nc2ccnc(Nc3ccc(C)cc3)n2)CC1. The highest BCUT2D eigenvalue weighted by molar-refractivity contribution is 5.67. The van der Waals surface area contributed by atoms with Crippen LogP contribution >= 0.6 is 0 Å². The van der Waals surface area contributed by atoms with E-state index in [-0.39, 0.29) is 12.1 Å². The Labute approximate surface area is 153 Å². The zero-order valence-corrected chi connectivity index (χ0v) is 15.2. The molecule has 0 spiro atoms. The highest BCUT2D eigenvalue weighted by Crippen LogP contribution is 2.18. The highest BCUT2D eigenvalue weighted by Gasteiger charge is 2.23. The van der Waals surface area contributed by atoms with Crippen LogP contribution in [0.4, 0.5) is 22.2 Å². The summed E-state index contributed by atoms with van der Waals surface area (Å²) in [6.07, 6.45) is 3.24. The van der Waals surface area contributed by atoms with Gasteiger partial charge in [-0.25, -0.2) is 9.78 Å². The van der Waals surface area contributed by atoms with Crippen LogP contribution in [0.5, 0.6) is 0 Å². The van der Waals surface area contributed by atoms with Gasteiger partial charge in [0.2, 0.25) is 5.95 Å². The highest BCUT2D eigenvalue weighted by atomic mass is 16.6. The molecule has 2 N–H and O–H groups in total. The number of hydrogen-bond acceptors (Lipinski definition) is 6. The summed E-state index contributed by atoms with van der Waals surface area (Å²) in [6.45, 7) is 5.67. The molecule has 0 unspecified atom stereocenters. The van der Waals surface area contributed by atoms with Gasteiger partial charge in [-0.2, -0.15) is 4.98 Å². The summed E-state index contributed by atoms with van der Waals surface area (Å²) in [7, 11) is 0. The van der Waals surface area contributed by atoms with E-state index < -0.39 is 0 Å². The van der Waals surface area contributed by atoms with E-state index in [2.05, 4.69) is 27.5 Å². The Kier molecular flexibility index (Phi) is 5.88. The van der Waals surface area contributed by atoms with Gasteiger partial charge in [-0.05, 0) is 44.9 Å². The van der Waals surface area contributed by atoms with Gasteiger partial charge in [0, 0.05) is 31.0 Å². The van der Waals surface area contributed by atoms with Gasteiger partial charge < -0.3 is 20.3 Å². The molecule has 3 rings (SSSR count). The van der Waals surface area contributed by atoms with Gasteiger partial charge in [0.25, 0.3) is 0 Å². The number of amides is 1. The van der Waals surface area contributed by atoms with Crippen LogP contribution in [0.3, 0.4) is 0 Å². The van der Waals surface area contributed by atoms with E-state index in [1.165, 1.54) is 5.56 Å². The molecule has 2 aromatic rings. The molecule has 1 aliphatic rings. The molecule has 138 valence electrons. The van der Waals surface area contributed by atoms with E-state index in [1.807, 2.05) is 37.3 Å². The van der Waals surface area contributed by atoms with E-state index in [0.29, 0.717) is 25.6 Å². The first kappa shape index (κ1) is 18.0. The minimum atomic E-state index is -0.224. The van der Waals surface area contributed by atoms with Gasteiger partial charge in [0.15, 0.2) is 0 Å². The molecular formula is C19H25N5O2. The fraction of sp³-hybridized carbons (Fsp3) is 0.421. The first-order valence-electron chi connectivity index (χ1n) is 8.99. The smallest absolute Gasteiger partial charge is 0.409 e. The standard InChI is InChI=1S/C19H25N5O2/c1-3-26-19(25)24-12-9-16(10-13-24)21-17-8-11-20-18(23-17)22-15-6-4-14(2)5-7-15/h4-8,11,16H,3,9-10,12-13H2,1-2H3,(H2,20,21,22,23). The summed E-state index contributed by atoms with van der Waals surface area (Å²) >= 11 is 0. The maximum Gasteiger partial charge on any atom is 0.409 e. The number of rotatable bonds is 5. The lowest BCUT2D eigenvalue weighted by atomic mass is 10.1. The number of benzene rings is 1. The van der Waals surface area contributed by atoms with Crippen molar-refractivity contribution in [2.24, 2.45) is 0 Å². The minimum absolute atomic E-state index is 0.224. The maximum atomic E-state index is 11.8. The number of hydrogen-bond donors (Lipinski definition) is 2. The average molecular weight is 355 g/mol. The lowest BCUT2D eigenvalue weighted by Gasteiger charge is -2.31. The molecule has 0 aliphatic carbocycles. The van der Waals surface area contributed by atoms with Gasteiger partial charge in [0.1, 0.15) is 5.82 Å². The number of ether oxygens (including phenoxy) is 1. The number of aromatic nitrogens is 2. The van der Waals surface area contributed by atoms with Crippen molar-refractivity contribution in [2.75, 3.05) is 30.3 Å². The van der Waals surface area contributed by atoms with Crippen LogP contribution in [0.2, 0.25) is 0 Å². The first-order valence-corrected chi connectivity index (χ1v) is 8.99. The summed E-state index contributed by atoms with van der Waals surface area (Å²) in [5.41, 5.74) is 2.16. The maximum absolute atomic E-state index is 11.8. The molecule has 7 nitrogen and oxygen atoms in total. The second kappa shape index (κ2) is 8.51.